The molecule has 0 amide bonds. The fourth-order valence-electron chi connectivity index (χ4n) is 2.61. The normalized spacial score (nSPS) is 28.2. The summed E-state index contributed by atoms with van der Waals surface area (Å²) in [6.07, 6.45) is -4.18. The lowest BCUT2D eigenvalue weighted by Crippen LogP contribution is -2.60. The molecule has 0 aromatic heterocycles. The van der Waals surface area contributed by atoms with E-state index in [1.807, 2.05) is 0 Å². The number of aliphatic hydroxyl groups excluding tert-OH is 4. The lowest BCUT2D eigenvalue weighted by molar-refractivity contribution is -0.277. The smallest absolute Gasteiger partial charge is 0.229 e. The van der Waals surface area contributed by atoms with Crippen molar-refractivity contribution in [2.45, 2.75) is 37.6 Å². The van der Waals surface area contributed by atoms with Crippen molar-refractivity contribution in [1.29, 1.82) is 0 Å². The van der Waals surface area contributed by atoms with Crippen LogP contribution in [0.1, 0.15) is 12.5 Å². The third kappa shape index (κ3) is 4.76. The van der Waals surface area contributed by atoms with E-state index >= 15 is 0 Å². The Labute approximate surface area is 156 Å². The van der Waals surface area contributed by atoms with Gasteiger partial charge in [-0.3, -0.25) is 4.79 Å². The van der Waals surface area contributed by atoms with Gasteiger partial charge in [0.1, 0.15) is 24.4 Å². The van der Waals surface area contributed by atoms with E-state index in [9.17, 15) is 25.2 Å². The number of hydrogen-bond acceptors (Lipinski definition) is 9. The summed E-state index contributed by atoms with van der Waals surface area (Å²) in [5.41, 5.74) is 0.611. The molecule has 9 heteroatoms. The molecule has 9 nitrogen and oxygen atoms in total. The molecule has 1 aromatic carbocycles. The maximum Gasteiger partial charge on any atom is 0.229 e. The van der Waals surface area contributed by atoms with Crippen LogP contribution in [0.15, 0.2) is 18.2 Å². The fraction of sp³-hybridized carbons (Fsp3) is 0.500. The van der Waals surface area contributed by atoms with E-state index in [4.69, 9.17) is 18.9 Å². The Hall–Kier alpha value is -2.17. The maximum atomic E-state index is 11.1. The van der Waals surface area contributed by atoms with Crippen LogP contribution in [0, 0.1) is 0 Å². The van der Waals surface area contributed by atoms with Gasteiger partial charge in [0.2, 0.25) is 12.0 Å². The number of ether oxygens (including phenoxy) is 4. The van der Waals surface area contributed by atoms with Crippen molar-refractivity contribution in [3.05, 3.63) is 23.8 Å². The van der Waals surface area contributed by atoms with Gasteiger partial charge in [-0.05, 0) is 30.7 Å². The van der Waals surface area contributed by atoms with E-state index in [0.29, 0.717) is 5.56 Å². The lowest BCUT2D eigenvalue weighted by atomic mass is 9.99. The highest BCUT2D eigenvalue weighted by atomic mass is 16.7. The van der Waals surface area contributed by atoms with Gasteiger partial charge in [0.15, 0.2) is 17.3 Å². The Morgan fingerprint density at radius 1 is 1.11 bits per heavy atom. The first-order valence-electron chi connectivity index (χ1n) is 8.24. The third-order valence-corrected chi connectivity index (χ3v) is 4.08. The molecule has 0 radical (unpaired) electrons. The van der Waals surface area contributed by atoms with Crippen LogP contribution < -0.4 is 14.2 Å². The summed E-state index contributed by atoms with van der Waals surface area (Å²) in [6, 6.07) is 3.17. The van der Waals surface area contributed by atoms with E-state index in [2.05, 4.69) is 0 Å². The van der Waals surface area contributed by atoms with Crippen molar-refractivity contribution in [2.75, 3.05) is 20.8 Å². The Balaban J connectivity index is 2.35. The summed E-state index contributed by atoms with van der Waals surface area (Å²) in [5.74, 6) is 0.419. The molecule has 0 bridgehead atoms. The summed E-state index contributed by atoms with van der Waals surface area (Å²) in [5, 5.41) is 39.1. The van der Waals surface area contributed by atoms with E-state index in [1.54, 1.807) is 18.2 Å². The number of aliphatic hydroxyl groups is 4. The number of rotatable bonds is 7. The number of carbonyl (C=O) groups excluding carboxylic acids is 1. The van der Waals surface area contributed by atoms with Gasteiger partial charge in [0.05, 0.1) is 20.8 Å². The molecule has 0 spiro atoms. The molecule has 1 saturated heterocycles. The molecule has 5 unspecified atom stereocenters. The van der Waals surface area contributed by atoms with E-state index < -0.39 is 37.3 Å². The van der Waals surface area contributed by atoms with Crippen LogP contribution >= 0.6 is 0 Å². The van der Waals surface area contributed by atoms with Crippen molar-refractivity contribution in [3.63, 3.8) is 0 Å². The Morgan fingerprint density at radius 3 is 2.19 bits per heavy atom. The second-order valence-electron chi connectivity index (χ2n) is 6.01. The summed E-state index contributed by atoms with van der Waals surface area (Å²) in [6.45, 7) is 0.843. The zero-order valence-electron chi connectivity index (χ0n) is 15.2. The first kappa shape index (κ1) is 21.1. The molecule has 1 aliphatic rings. The molecule has 4 N–H and O–H groups in total. The van der Waals surface area contributed by atoms with Gasteiger partial charge in [-0.2, -0.15) is 0 Å². The van der Waals surface area contributed by atoms with Crippen LogP contribution in [0.25, 0.3) is 6.08 Å². The van der Waals surface area contributed by atoms with Gasteiger partial charge in [-0.25, -0.2) is 0 Å². The SMILES string of the molecule is COc1cc(C=CC(C)=O)cc(OC)c1OC1OC(CO)C(O)C(O)C1O. The minimum absolute atomic E-state index is 0.0873. The number of ketones is 1. The minimum Gasteiger partial charge on any atom is -0.493 e. The van der Waals surface area contributed by atoms with E-state index in [0.717, 1.165) is 0 Å². The number of carbonyl (C=O) groups is 1. The van der Waals surface area contributed by atoms with Crippen molar-refractivity contribution >= 4 is 11.9 Å². The zero-order chi connectivity index (χ0) is 20.1. The van der Waals surface area contributed by atoms with E-state index in [1.165, 1.54) is 27.2 Å². The molecule has 0 saturated carbocycles. The van der Waals surface area contributed by atoms with E-state index in [-0.39, 0.29) is 23.0 Å². The first-order valence-corrected chi connectivity index (χ1v) is 8.24. The maximum absolute atomic E-state index is 11.1. The average Bonchev–Trinajstić information content (AvgIpc) is 2.66. The molecule has 5 atom stereocenters. The topological polar surface area (TPSA) is 135 Å². The first-order chi connectivity index (χ1) is 12.8. The van der Waals surface area contributed by atoms with Gasteiger partial charge in [-0.1, -0.05) is 6.08 Å². The fourth-order valence-corrected chi connectivity index (χ4v) is 2.61. The van der Waals surface area contributed by atoms with Crippen LogP contribution in [0.2, 0.25) is 0 Å². The molecule has 150 valence electrons. The van der Waals surface area contributed by atoms with Crippen molar-refractivity contribution in [1.82, 2.24) is 0 Å². The standard InChI is InChI=1S/C18H24O9/c1-9(20)4-5-10-6-11(24-2)17(12(7-10)25-3)27-18-16(23)15(22)14(21)13(8-19)26-18/h4-7,13-16,18-19,21-23H,8H2,1-3H3. The zero-order valence-corrected chi connectivity index (χ0v) is 15.2. The molecule has 1 aromatic rings. The molecule has 0 aliphatic carbocycles. The highest BCUT2D eigenvalue weighted by Crippen LogP contribution is 2.40. The summed E-state index contributed by atoms with van der Waals surface area (Å²) in [7, 11) is 2.79. The molecular weight excluding hydrogens is 360 g/mol. The predicted molar refractivity (Wildman–Crippen MR) is 93.7 cm³/mol. The number of allylic oxidation sites excluding steroid dienone is 1. The Bertz CT molecular complexity index is 660. The lowest BCUT2D eigenvalue weighted by Gasteiger charge is -2.39. The quantitative estimate of drug-likeness (QED) is 0.458. The molecule has 1 aliphatic heterocycles. The second kappa shape index (κ2) is 9.16. The second-order valence-corrected chi connectivity index (χ2v) is 6.01. The minimum atomic E-state index is -1.57. The molecule has 1 fully saturated rings. The van der Waals surface area contributed by atoms with Gasteiger partial charge in [-0.15, -0.1) is 0 Å². The van der Waals surface area contributed by atoms with Crippen LogP contribution in [0.4, 0.5) is 0 Å². The highest BCUT2D eigenvalue weighted by molar-refractivity contribution is 5.91. The third-order valence-electron chi connectivity index (χ3n) is 4.08. The number of benzene rings is 1. The molecule has 27 heavy (non-hydrogen) atoms. The van der Waals surface area contributed by atoms with Gasteiger partial charge in [0.25, 0.3) is 0 Å². The monoisotopic (exact) mass is 384 g/mol. The number of methoxy groups -OCH3 is 2. The predicted octanol–water partition coefficient (Wildman–Crippen LogP) is -0.515. The van der Waals surface area contributed by atoms with Crippen LogP contribution in [-0.4, -0.2) is 77.7 Å². The van der Waals surface area contributed by atoms with Crippen molar-refractivity contribution < 1.29 is 44.2 Å². The molecular formula is C18H24O9. The van der Waals surface area contributed by atoms with Crippen LogP contribution in [0.5, 0.6) is 17.2 Å². The molecule has 2 rings (SSSR count). The number of hydrogen-bond donors (Lipinski definition) is 4. The molecule has 1 heterocycles. The summed E-state index contributed by atoms with van der Waals surface area (Å²) in [4.78, 5) is 11.1. The largest absolute Gasteiger partial charge is 0.493 e. The Kier molecular flexibility index (Phi) is 7.17. The van der Waals surface area contributed by atoms with Crippen molar-refractivity contribution in [2.24, 2.45) is 0 Å². The summed E-state index contributed by atoms with van der Waals surface area (Å²) < 4.78 is 21.6. The van der Waals surface area contributed by atoms with Crippen molar-refractivity contribution in [3.8, 4) is 17.2 Å². The van der Waals surface area contributed by atoms with Gasteiger partial charge >= 0.3 is 0 Å². The highest BCUT2D eigenvalue weighted by Gasteiger charge is 2.45. The average molecular weight is 384 g/mol. The van der Waals surface area contributed by atoms with Crippen LogP contribution in [-0.2, 0) is 9.53 Å². The Morgan fingerprint density at radius 2 is 1.70 bits per heavy atom. The summed E-state index contributed by atoms with van der Waals surface area (Å²) >= 11 is 0. The van der Waals surface area contributed by atoms with Gasteiger partial charge in [0, 0.05) is 0 Å². The van der Waals surface area contributed by atoms with Gasteiger partial charge < -0.3 is 39.4 Å². The van der Waals surface area contributed by atoms with Crippen LogP contribution in [0.3, 0.4) is 0 Å².